The van der Waals surface area contributed by atoms with Crippen molar-refractivity contribution in [3.05, 3.63) is 0 Å². The Bertz CT molecular complexity index is 1390. The third kappa shape index (κ3) is 21.7. The van der Waals surface area contributed by atoms with E-state index in [1.54, 1.807) is 13.8 Å². The van der Waals surface area contributed by atoms with E-state index in [1.807, 2.05) is 0 Å². The highest BCUT2D eigenvalue weighted by Crippen LogP contribution is 2.60. The molecule has 3 aliphatic carbocycles. The molecule has 1 unspecified atom stereocenters. The Morgan fingerprint density at radius 2 is 0.967 bits per heavy atom. The van der Waals surface area contributed by atoms with Crippen LogP contribution in [0.15, 0.2) is 0 Å². The van der Waals surface area contributed by atoms with E-state index in [9.17, 15) is 24.1 Å². The van der Waals surface area contributed by atoms with E-state index in [4.69, 9.17) is 64.0 Å². The average molecular weight is 896 g/mol. The van der Waals surface area contributed by atoms with Gasteiger partial charge in [0.1, 0.15) is 19.8 Å². The van der Waals surface area contributed by atoms with Crippen molar-refractivity contribution in [1.29, 1.82) is 0 Å². The van der Waals surface area contributed by atoms with Crippen LogP contribution in [0.3, 0.4) is 0 Å². The van der Waals surface area contributed by atoms with Gasteiger partial charge in [-0.3, -0.25) is 19.2 Å². The highest BCUT2D eigenvalue weighted by Gasteiger charge is 2.54. The molecule has 3 aliphatic rings. The van der Waals surface area contributed by atoms with Gasteiger partial charge < -0.3 is 59.1 Å². The molecule has 3 rings (SSSR count). The summed E-state index contributed by atoms with van der Waals surface area (Å²) in [6.07, 6.45) is 19.1. The predicted molar refractivity (Wildman–Crippen MR) is 232 cm³/mol. The molecule has 3 fully saturated rings. The molecule has 2 bridgehead atoms. The Morgan fingerprint density at radius 3 is 1.30 bits per heavy atom. The maximum Gasteiger partial charge on any atom is 0.226 e. The average Bonchev–Trinajstić information content (AvgIpc) is 3.24. The van der Waals surface area contributed by atoms with Crippen LogP contribution in [0.2, 0.25) is 0 Å². The van der Waals surface area contributed by atoms with Gasteiger partial charge in [-0.15, -0.1) is 19.3 Å². The number of rotatable bonds is 35. The van der Waals surface area contributed by atoms with E-state index < -0.39 is 23.0 Å². The molecule has 4 amide bonds. The standard InChI is InChI=1S/C43H69N4O12PS/c1-6-24-53-30-33-56-27-21-44-37(48)9-12-42(13-10-38(49)45-22-28-57-34-31-54-25-7-2,14-11-39(50)46-23-29-58-35-32-55-26-8-3)47-40(51)41-15-18-43(19-16-41,20-17-41)59-60(52,61)36(4)5/h1-3,36H,9-35H2,4-5H3,(H,44,48)(H,45,49)(H,46,50)(H,47,51)(H,52,61)/p-1. The summed E-state index contributed by atoms with van der Waals surface area (Å²) in [6, 6.07) is 0. The van der Waals surface area contributed by atoms with Gasteiger partial charge in [-0.1, -0.05) is 43.4 Å². The number of hydrogen-bond donors (Lipinski definition) is 4. The summed E-state index contributed by atoms with van der Waals surface area (Å²) in [6.45, 7) is 4.30. The molecule has 16 nitrogen and oxygen atoms in total. The number of ether oxygens (including phenoxy) is 6. The first-order chi connectivity index (χ1) is 29.3. The fraction of sp³-hybridized carbons (Fsp3) is 0.767. The lowest BCUT2D eigenvalue weighted by molar-refractivity contribution is -0.204. The molecule has 0 aromatic heterocycles. The second-order valence-electron chi connectivity index (χ2n) is 15.6. The van der Waals surface area contributed by atoms with Crippen LogP contribution in [0.25, 0.3) is 0 Å². The molecule has 4 N–H and O–H groups in total. The molecule has 0 saturated heterocycles. The van der Waals surface area contributed by atoms with Gasteiger partial charge in [-0.2, -0.15) is 0 Å². The molecule has 0 aliphatic heterocycles. The predicted octanol–water partition coefficient (Wildman–Crippen LogP) is 1.72. The third-order valence-corrected chi connectivity index (χ3v) is 14.3. The summed E-state index contributed by atoms with van der Waals surface area (Å²) in [5.74, 6) is 6.11. The van der Waals surface area contributed by atoms with Crippen LogP contribution in [0.5, 0.6) is 0 Å². The van der Waals surface area contributed by atoms with Crippen LogP contribution < -0.4 is 26.2 Å². The fourth-order valence-electron chi connectivity index (χ4n) is 7.10. The molecule has 344 valence electrons. The van der Waals surface area contributed by atoms with E-state index in [2.05, 4.69) is 39.0 Å². The number of carbonyl (C=O) groups is 4. The number of fused-ring (bicyclic) bond motifs is 3. The number of hydrogen-bond acceptors (Lipinski definition) is 13. The second-order valence-corrected chi connectivity index (χ2v) is 19.4. The van der Waals surface area contributed by atoms with Crippen LogP contribution >= 0.6 is 6.49 Å². The van der Waals surface area contributed by atoms with E-state index >= 15 is 0 Å². The molecule has 0 aromatic rings. The molecular formula is C43H68N4O12PS-. The highest BCUT2D eigenvalue weighted by atomic mass is 32.5. The van der Waals surface area contributed by atoms with Crippen molar-refractivity contribution >= 4 is 41.9 Å². The Morgan fingerprint density at radius 1 is 0.623 bits per heavy atom. The minimum Gasteiger partial charge on any atom is -0.800 e. The normalized spacial score (nSPS) is 19.2. The summed E-state index contributed by atoms with van der Waals surface area (Å²) in [5.41, 5.74) is -2.79. The van der Waals surface area contributed by atoms with Gasteiger partial charge in [0.15, 0.2) is 0 Å². The summed E-state index contributed by atoms with van der Waals surface area (Å²) in [5, 5.41) is 11.9. The lowest BCUT2D eigenvalue weighted by Gasteiger charge is -2.55. The van der Waals surface area contributed by atoms with Gasteiger partial charge in [0.25, 0.3) is 0 Å². The summed E-state index contributed by atoms with van der Waals surface area (Å²) in [7, 11) is 0. The van der Waals surface area contributed by atoms with Crippen LogP contribution in [-0.2, 0) is 63.9 Å². The van der Waals surface area contributed by atoms with Gasteiger partial charge in [0.2, 0.25) is 23.6 Å². The van der Waals surface area contributed by atoms with E-state index in [0.29, 0.717) is 78.2 Å². The summed E-state index contributed by atoms with van der Waals surface area (Å²) in [4.78, 5) is 67.4. The first-order valence-electron chi connectivity index (χ1n) is 21.2. The Labute approximate surface area is 368 Å². The number of amides is 4. The molecular weight excluding hydrogens is 828 g/mol. The van der Waals surface area contributed by atoms with Gasteiger partial charge in [-0.05, 0) is 69.9 Å². The summed E-state index contributed by atoms with van der Waals surface area (Å²) >= 11 is 5.38. The largest absolute Gasteiger partial charge is 0.800 e. The monoisotopic (exact) mass is 895 g/mol. The Kier molecular flexibility index (Phi) is 26.6. The topological polar surface area (TPSA) is 204 Å². The molecule has 0 spiro atoms. The van der Waals surface area contributed by atoms with Crippen molar-refractivity contribution in [3.63, 3.8) is 0 Å². The van der Waals surface area contributed by atoms with Crippen molar-refractivity contribution in [2.75, 3.05) is 98.9 Å². The van der Waals surface area contributed by atoms with E-state index in [-0.39, 0.29) is 127 Å². The van der Waals surface area contributed by atoms with Crippen LogP contribution in [-0.4, -0.2) is 139 Å². The second kappa shape index (κ2) is 30.1. The first-order valence-corrected chi connectivity index (χ1v) is 23.9. The number of carbonyl (C=O) groups excluding carboxylic acids is 4. The molecule has 61 heavy (non-hydrogen) atoms. The molecule has 0 radical (unpaired) electrons. The van der Waals surface area contributed by atoms with Crippen LogP contribution in [0.1, 0.15) is 90.9 Å². The van der Waals surface area contributed by atoms with Crippen molar-refractivity contribution in [2.24, 2.45) is 5.41 Å². The van der Waals surface area contributed by atoms with Gasteiger partial charge in [0.05, 0.1) is 65.1 Å². The van der Waals surface area contributed by atoms with Crippen LogP contribution in [0.4, 0.5) is 0 Å². The van der Waals surface area contributed by atoms with Crippen molar-refractivity contribution in [1.82, 2.24) is 21.3 Å². The summed E-state index contributed by atoms with van der Waals surface area (Å²) < 4.78 is 38.3. The maximum atomic E-state index is 14.6. The number of terminal acetylenes is 3. The zero-order valence-corrected chi connectivity index (χ0v) is 37.9. The molecule has 1 atom stereocenters. The minimum absolute atomic E-state index is 0.00719. The Balaban J connectivity index is 2.20. The SMILES string of the molecule is C#CCOCCOCCNC(=O)CCC(CCC(=O)NCCOCCOCC#C)(CCC(=O)NCCOCCOCC#C)NC(=O)C12CCC(OP([O-])(=S)C(C)C)(CC1)CC2. The lowest BCUT2D eigenvalue weighted by atomic mass is 9.58. The molecule has 18 heteroatoms. The molecule has 0 heterocycles. The quantitative estimate of drug-likeness (QED) is 0.0407. The molecule has 3 saturated carbocycles. The van der Waals surface area contributed by atoms with Crippen molar-refractivity contribution in [2.45, 2.75) is 108 Å². The maximum absolute atomic E-state index is 14.6. The van der Waals surface area contributed by atoms with Gasteiger partial charge >= 0.3 is 0 Å². The zero-order chi connectivity index (χ0) is 44.9. The highest BCUT2D eigenvalue weighted by molar-refractivity contribution is 8.09. The van der Waals surface area contributed by atoms with Crippen molar-refractivity contribution < 1.29 is 57.0 Å². The fourth-order valence-corrected chi connectivity index (χ4v) is 8.60. The first kappa shape index (κ1) is 54.0. The minimum atomic E-state index is -3.27. The zero-order valence-electron chi connectivity index (χ0n) is 36.2. The van der Waals surface area contributed by atoms with E-state index in [1.165, 1.54) is 0 Å². The molecule has 0 aromatic carbocycles. The van der Waals surface area contributed by atoms with E-state index in [0.717, 1.165) is 0 Å². The van der Waals surface area contributed by atoms with Crippen LogP contribution in [0, 0.1) is 42.4 Å². The van der Waals surface area contributed by atoms with Gasteiger partial charge in [-0.25, -0.2) is 0 Å². The third-order valence-electron chi connectivity index (χ3n) is 10.9. The Hall–Kier alpha value is -3.11. The van der Waals surface area contributed by atoms with Crippen molar-refractivity contribution in [3.8, 4) is 37.0 Å². The number of nitrogens with one attached hydrogen (secondary N) is 4. The smallest absolute Gasteiger partial charge is 0.226 e. The lowest BCUT2D eigenvalue weighted by Crippen LogP contribution is -2.59. The van der Waals surface area contributed by atoms with Gasteiger partial charge in [0, 0.05) is 49.9 Å².